The van der Waals surface area contributed by atoms with Crippen LogP contribution in [-0.2, 0) is 10.0 Å². The lowest BCUT2D eigenvalue weighted by molar-refractivity contribution is 0.534. The molecular weight excluding hydrogens is 256 g/mol. The predicted molar refractivity (Wildman–Crippen MR) is 54.2 cm³/mol. The van der Waals surface area contributed by atoms with Gasteiger partial charge in [0.1, 0.15) is 0 Å². The molecule has 0 unspecified atom stereocenters. The number of nitrogen functional groups attached to an aromatic ring is 1. The van der Waals surface area contributed by atoms with Crippen LogP contribution >= 0.6 is 11.3 Å². The summed E-state index contributed by atoms with van der Waals surface area (Å²) in [6.07, 6.45) is 0. The molecule has 0 atom stereocenters. The van der Waals surface area contributed by atoms with E-state index in [1.165, 1.54) is 6.92 Å². The molecule has 16 heavy (non-hydrogen) atoms. The molecule has 2 aromatic heterocycles. The highest BCUT2D eigenvalue weighted by atomic mass is 32.2. The number of anilines is 2. The van der Waals surface area contributed by atoms with Gasteiger partial charge >= 0.3 is 6.01 Å². The Morgan fingerprint density at radius 3 is 2.56 bits per heavy atom. The zero-order valence-corrected chi connectivity index (χ0v) is 9.54. The normalized spacial score (nSPS) is 11.6. The average molecular weight is 262 g/mol. The van der Waals surface area contributed by atoms with Crippen LogP contribution in [-0.4, -0.2) is 28.8 Å². The smallest absolute Gasteiger partial charge is 0.329 e. The Morgan fingerprint density at radius 1 is 1.31 bits per heavy atom. The molecule has 0 aromatic carbocycles. The van der Waals surface area contributed by atoms with Gasteiger partial charge in [0.15, 0.2) is 0 Å². The Balaban J connectivity index is 2.27. The van der Waals surface area contributed by atoms with Crippen LogP contribution in [0.4, 0.5) is 11.1 Å². The lowest BCUT2D eigenvalue weighted by Gasteiger charge is -1.97. The van der Waals surface area contributed by atoms with Gasteiger partial charge in [-0.05, 0) is 0 Å². The van der Waals surface area contributed by atoms with E-state index in [1.54, 1.807) is 0 Å². The second kappa shape index (κ2) is 3.68. The molecule has 0 spiro atoms. The van der Waals surface area contributed by atoms with Crippen molar-refractivity contribution in [2.75, 3.05) is 10.5 Å². The van der Waals surface area contributed by atoms with Crippen LogP contribution < -0.4 is 10.5 Å². The molecule has 0 bridgehead atoms. The Labute approximate surface area is 93.8 Å². The molecular formula is C5H6N6O3S2. The number of nitrogens with two attached hydrogens (primary N) is 1. The number of aromatic nitrogens is 4. The van der Waals surface area contributed by atoms with E-state index in [1.807, 2.05) is 0 Å². The molecule has 0 radical (unpaired) electrons. The number of rotatable bonds is 3. The van der Waals surface area contributed by atoms with Crippen LogP contribution in [0.25, 0.3) is 0 Å². The van der Waals surface area contributed by atoms with E-state index in [4.69, 9.17) is 10.2 Å². The number of sulfonamides is 1. The Bertz CT molecular complexity index is 601. The SMILES string of the molecule is Cc1nnc(NS(=O)(=O)c2nnc(N)s2)o1. The van der Waals surface area contributed by atoms with Gasteiger partial charge in [-0.3, -0.25) is 0 Å². The first-order valence-corrected chi connectivity index (χ1v) is 6.19. The van der Waals surface area contributed by atoms with Gasteiger partial charge in [-0.25, -0.2) is 4.72 Å². The van der Waals surface area contributed by atoms with Crippen LogP contribution in [0.15, 0.2) is 8.76 Å². The largest absolute Gasteiger partial charge is 0.408 e. The molecule has 2 rings (SSSR count). The van der Waals surface area contributed by atoms with Gasteiger partial charge in [0.25, 0.3) is 14.4 Å². The maximum atomic E-state index is 11.6. The third-order valence-corrected chi connectivity index (χ3v) is 3.84. The van der Waals surface area contributed by atoms with Crippen molar-refractivity contribution in [1.29, 1.82) is 0 Å². The minimum Gasteiger partial charge on any atom is -0.408 e. The van der Waals surface area contributed by atoms with E-state index < -0.39 is 10.0 Å². The highest BCUT2D eigenvalue weighted by Crippen LogP contribution is 2.19. The maximum Gasteiger partial charge on any atom is 0.329 e. The van der Waals surface area contributed by atoms with Gasteiger partial charge in [-0.1, -0.05) is 16.4 Å². The van der Waals surface area contributed by atoms with Crippen molar-refractivity contribution < 1.29 is 12.8 Å². The van der Waals surface area contributed by atoms with Crippen LogP contribution in [0, 0.1) is 6.92 Å². The van der Waals surface area contributed by atoms with Crippen molar-refractivity contribution in [2.45, 2.75) is 11.3 Å². The summed E-state index contributed by atoms with van der Waals surface area (Å²) >= 11 is 0.736. The molecule has 3 N–H and O–H groups in total. The predicted octanol–water partition coefficient (Wildman–Crippen LogP) is -0.387. The Hall–Kier alpha value is -1.75. The number of nitrogens with one attached hydrogen (secondary N) is 1. The molecule has 9 nitrogen and oxygen atoms in total. The minimum absolute atomic E-state index is 0.0575. The fraction of sp³-hybridized carbons (Fsp3) is 0.200. The van der Waals surface area contributed by atoms with Crippen molar-refractivity contribution in [1.82, 2.24) is 20.4 Å². The maximum absolute atomic E-state index is 11.6. The highest BCUT2D eigenvalue weighted by Gasteiger charge is 2.22. The number of hydrogen-bond donors (Lipinski definition) is 2. The van der Waals surface area contributed by atoms with Crippen molar-refractivity contribution in [3.05, 3.63) is 5.89 Å². The lowest BCUT2D eigenvalue weighted by Crippen LogP contribution is -2.12. The minimum atomic E-state index is -3.86. The molecule has 2 heterocycles. The summed E-state index contributed by atoms with van der Waals surface area (Å²) in [6, 6.07) is -0.230. The molecule has 0 amide bonds. The molecule has 11 heteroatoms. The third-order valence-electron chi connectivity index (χ3n) is 1.40. The first-order valence-electron chi connectivity index (χ1n) is 3.89. The van der Waals surface area contributed by atoms with Crippen LogP contribution in [0.2, 0.25) is 0 Å². The second-order valence-electron chi connectivity index (χ2n) is 2.64. The fourth-order valence-electron chi connectivity index (χ4n) is 0.825. The molecule has 0 saturated carbocycles. The first kappa shape index (κ1) is 10.8. The Kier molecular flexibility index (Phi) is 2.47. The van der Waals surface area contributed by atoms with E-state index >= 15 is 0 Å². The van der Waals surface area contributed by atoms with Gasteiger partial charge in [0.2, 0.25) is 11.0 Å². The zero-order chi connectivity index (χ0) is 11.8. The average Bonchev–Trinajstić information content (AvgIpc) is 2.75. The van der Waals surface area contributed by atoms with E-state index in [-0.39, 0.29) is 21.4 Å². The number of aryl methyl sites for hydroxylation is 1. The topological polar surface area (TPSA) is 137 Å². The molecule has 2 aromatic rings. The summed E-state index contributed by atoms with van der Waals surface area (Å²) < 4.78 is 29.9. The summed E-state index contributed by atoms with van der Waals surface area (Å²) in [5.41, 5.74) is 5.27. The third kappa shape index (κ3) is 2.09. The quantitative estimate of drug-likeness (QED) is 0.763. The standard InChI is InChI=1S/C5H6N6O3S2/c1-2-7-9-4(14-2)11-16(12,13)5-10-8-3(6)15-5/h1H3,(H2,6,8)(H,9,11). The van der Waals surface area contributed by atoms with E-state index in [2.05, 4.69) is 25.1 Å². The summed E-state index contributed by atoms with van der Waals surface area (Å²) in [4.78, 5) is 0. The molecule has 0 aliphatic carbocycles. The van der Waals surface area contributed by atoms with Crippen molar-refractivity contribution in [3.8, 4) is 0 Å². The van der Waals surface area contributed by atoms with Gasteiger partial charge in [-0.15, -0.1) is 15.3 Å². The number of hydrogen-bond acceptors (Lipinski definition) is 9. The molecule has 0 aliphatic rings. The second-order valence-corrected chi connectivity index (χ2v) is 5.50. The monoisotopic (exact) mass is 262 g/mol. The first-order chi connectivity index (χ1) is 7.47. The van der Waals surface area contributed by atoms with Crippen molar-refractivity contribution in [2.24, 2.45) is 0 Å². The van der Waals surface area contributed by atoms with Crippen molar-refractivity contribution >= 4 is 32.5 Å². The fourth-order valence-corrected chi connectivity index (χ4v) is 2.54. The van der Waals surface area contributed by atoms with Gasteiger partial charge in [0.05, 0.1) is 0 Å². The summed E-state index contributed by atoms with van der Waals surface area (Å²) in [7, 11) is -3.86. The van der Waals surface area contributed by atoms with Gasteiger partial charge in [0, 0.05) is 6.92 Å². The lowest BCUT2D eigenvalue weighted by atomic mass is 10.8. The summed E-state index contributed by atoms with van der Waals surface area (Å²) in [5, 5.41) is 13.8. The van der Waals surface area contributed by atoms with E-state index in [9.17, 15) is 8.42 Å². The highest BCUT2D eigenvalue weighted by molar-refractivity contribution is 7.94. The van der Waals surface area contributed by atoms with Crippen LogP contribution in [0.3, 0.4) is 0 Å². The summed E-state index contributed by atoms with van der Waals surface area (Å²) in [5.74, 6) is 0.245. The zero-order valence-electron chi connectivity index (χ0n) is 7.91. The number of nitrogens with zero attached hydrogens (tertiary/aromatic N) is 4. The summed E-state index contributed by atoms with van der Waals surface area (Å²) in [6.45, 7) is 1.54. The van der Waals surface area contributed by atoms with Crippen molar-refractivity contribution in [3.63, 3.8) is 0 Å². The van der Waals surface area contributed by atoms with Crippen LogP contribution in [0.5, 0.6) is 0 Å². The molecule has 0 saturated heterocycles. The molecule has 0 fully saturated rings. The van der Waals surface area contributed by atoms with Gasteiger partial charge in [-0.2, -0.15) is 8.42 Å². The van der Waals surface area contributed by atoms with Gasteiger partial charge < -0.3 is 10.2 Å². The Morgan fingerprint density at radius 2 is 2.06 bits per heavy atom. The van der Waals surface area contributed by atoms with E-state index in [0.717, 1.165) is 11.3 Å². The van der Waals surface area contributed by atoms with Crippen LogP contribution in [0.1, 0.15) is 5.89 Å². The van der Waals surface area contributed by atoms with E-state index in [0.29, 0.717) is 0 Å². The molecule has 86 valence electrons. The molecule has 0 aliphatic heterocycles.